The lowest BCUT2D eigenvalue weighted by atomic mass is 10.4. The van der Waals surface area contributed by atoms with Crippen LogP contribution < -0.4 is 10.5 Å². The third-order valence-electron chi connectivity index (χ3n) is 1.96. The van der Waals surface area contributed by atoms with Crippen LogP contribution in [0.5, 0.6) is 0 Å². The number of hydrogen-bond acceptors (Lipinski definition) is 6. The Hall–Kier alpha value is -0.960. The van der Waals surface area contributed by atoms with E-state index in [2.05, 4.69) is 9.46 Å². The summed E-state index contributed by atoms with van der Waals surface area (Å²) in [4.78, 5) is 11.4. The number of nitrogens with one attached hydrogen (secondary N) is 1. The van der Waals surface area contributed by atoms with E-state index < -0.39 is 16.0 Å². The summed E-state index contributed by atoms with van der Waals surface area (Å²) < 4.78 is 30.6. The van der Waals surface area contributed by atoms with Crippen LogP contribution in [0.4, 0.5) is 0 Å². The Morgan fingerprint density at radius 3 is 2.88 bits per heavy atom. The minimum absolute atomic E-state index is 0.0497. The number of nitrogens with two attached hydrogens (primary N) is 1. The van der Waals surface area contributed by atoms with Crippen molar-refractivity contribution in [2.24, 2.45) is 5.73 Å². The SMILES string of the molecule is COC(=O)c1sccc1S(=O)(=O)NCCCN. The van der Waals surface area contributed by atoms with Crippen molar-refractivity contribution in [3.8, 4) is 0 Å². The summed E-state index contributed by atoms with van der Waals surface area (Å²) in [6.45, 7) is 0.644. The van der Waals surface area contributed by atoms with Gasteiger partial charge in [0, 0.05) is 6.54 Å². The van der Waals surface area contributed by atoms with Gasteiger partial charge in [-0.25, -0.2) is 17.9 Å². The lowest BCUT2D eigenvalue weighted by Crippen LogP contribution is -2.27. The Morgan fingerprint density at radius 2 is 2.29 bits per heavy atom. The van der Waals surface area contributed by atoms with E-state index in [9.17, 15) is 13.2 Å². The molecule has 0 aliphatic carbocycles. The first-order valence-electron chi connectivity index (χ1n) is 4.88. The van der Waals surface area contributed by atoms with E-state index in [0.29, 0.717) is 13.0 Å². The van der Waals surface area contributed by atoms with Crippen molar-refractivity contribution < 1.29 is 17.9 Å². The highest BCUT2D eigenvalue weighted by Crippen LogP contribution is 2.22. The van der Waals surface area contributed by atoms with E-state index >= 15 is 0 Å². The van der Waals surface area contributed by atoms with E-state index in [-0.39, 0.29) is 16.3 Å². The molecule has 0 atom stereocenters. The van der Waals surface area contributed by atoms with Gasteiger partial charge in [0.15, 0.2) is 0 Å². The normalized spacial score (nSPS) is 11.4. The quantitative estimate of drug-likeness (QED) is 0.570. The second-order valence-corrected chi connectivity index (χ2v) is 5.80. The average molecular weight is 278 g/mol. The fourth-order valence-electron chi connectivity index (χ4n) is 1.14. The molecule has 0 aliphatic heterocycles. The number of hydrogen-bond donors (Lipinski definition) is 2. The zero-order valence-electron chi connectivity index (χ0n) is 9.30. The number of thiophene rings is 1. The molecule has 1 aromatic rings. The molecule has 17 heavy (non-hydrogen) atoms. The summed E-state index contributed by atoms with van der Waals surface area (Å²) in [7, 11) is -2.46. The van der Waals surface area contributed by atoms with Crippen LogP contribution in [0.15, 0.2) is 16.3 Å². The van der Waals surface area contributed by atoms with Crippen LogP contribution in [-0.2, 0) is 14.8 Å². The standard InChI is InChI=1S/C9H14N2O4S2/c1-15-9(12)8-7(3-6-16-8)17(13,14)11-5-2-4-10/h3,6,11H,2,4-5,10H2,1H3. The van der Waals surface area contributed by atoms with Crippen molar-refractivity contribution in [2.45, 2.75) is 11.3 Å². The molecule has 0 saturated heterocycles. The van der Waals surface area contributed by atoms with E-state index in [1.165, 1.54) is 18.6 Å². The van der Waals surface area contributed by atoms with E-state index in [1.807, 2.05) is 0 Å². The van der Waals surface area contributed by atoms with Gasteiger partial charge in [-0.3, -0.25) is 0 Å². The molecule has 0 fully saturated rings. The molecule has 0 aliphatic rings. The summed E-state index contributed by atoms with van der Waals surface area (Å²) in [6, 6.07) is 1.38. The Morgan fingerprint density at radius 1 is 1.59 bits per heavy atom. The van der Waals surface area contributed by atoms with Gasteiger partial charge in [0.25, 0.3) is 0 Å². The van der Waals surface area contributed by atoms with Gasteiger partial charge in [0.2, 0.25) is 10.0 Å². The molecule has 1 heterocycles. The van der Waals surface area contributed by atoms with Crippen molar-refractivity contribution in [3.05, 3.63) is 16.3 Å². The van der Waals surface area contributed by atoms with Crippen molar-refractivity contribution in [1.29, 1.82) is 0 Å². The first kappa shape index (κ1) is 14.1. The molecule has 8 heteroatoms. The highest BCUT2D eigenvalue weighted by molar-refractivity contribution is 7.89. The summed E-state index contributed by atoms with van der Waals surface area (Å²) in [6.07, 6.45) is 0.539. The molecule has 6 nitrogen and oxygen atoms in total. The zero-order valence-corrected chi connectivity index (χ0v) is 10.9. The molecular formula is C9H14N2O4S2. The first-order chi connectivity index (χ1) is 8.03. The summed E-state index contributed by atoms with van der Waals surface area (Å²) in [5.41, 5.74) is 5.27. The molecule has 0 spiro atoms. The number of methoxy groups -OCH3 is 1. The third-order valence-corrected chi connectivity index (χ3v) is 4.49. The van der Waals surface area contributed by atoms with Gasteiger partial charge >= 0.3 is 5.97 Å². The number of sulfonamides is 1. The second kappa shape index (κ2) is 6.10. The van der Waals surface area contributed by atoms with Crippen LogP contribution in [0.1, 0.15) is 16.1 Å². The number of ether oxygens (including phenoxy) is 1. The molecule has 0 saturated carbocycles. The van der Waals surface area contributed by atoms with Gasteiger partial charge in [0.05, 0.1) is 7.11 Å². The van der Waals surface area contributed by atoms with Crippen LogP contribution in [0.3, 0.4) is 0 Å². The molecule has 0 radical (unpaired) electrons. The smallest absolute Gasteiger partial charge is 0.349 e. The Bertz CT molecular complexity index is 481. The maximum atomic E-state index is 11.9. The van der Waals surface area contributed by atoms with Gasteiger partial charge in [-0.1, -0.05) is 0 Å². The Kier molecular flexibility index (Phi) is 5.06. The van der Waals surface area contributed by atoms with Crippen molar-refractivity contribution in [3.63, 3.8) is 0 Å². The maximum absolute atomic E-state index is 11.9. The number of esters is 1. The molecule has 96 valence electrons. The second-order valence-electron chi connectivity index (χ2n) is 3.15. The number of rotatable bonds is 6. The topological polar surface area (TPSA) is 98.5 Å². The summed E-state index contributed by atoms with van der Waals surface area (Å²) >= 11 is 1.03. The average Bonchev–Trinajstić information content (AvgIpc) is 2.78. The largest absolute Gasteiger partial charge is 0.465 e. The predicted octanol–water partition coefficient (Wildman–Crippen LogP) is 0.162. The summed E-state index contributed by atoms with van der Waals surface area (Å²) in [5, 5.41) is 1.53. The van der Waals surface area contributed by atoms with Gasteiger partial charge in [-0.05, 0) is 24.4 Å². The molecule has 1 rings (SSSR count). The van der Waals surface area contributed by atoms with Gasteiger partial charge in [-0.2, -0.15) is 0 Å². The molecule has 3 N–H and O–H groups in total. The predicted molar refractivity (Wildman–Crippen MR) is 64.5 cm³/mol. The van der Waals surface area contributed by atoms with Gasteiger partial charge < -0.3 is 10.5 Å². The number of carbonyl (C=O) groups excluding carboxylic acids is 1. The lowest BCUT2D eigenvalue weighted by Gasteiger charge is -2.06. The van der Waals surface area contributed by atoms with Crippen LogP contribution >= 0.6 is 11.3 Å². The van der Waals surface area contributed by atoms with Crippen molar-refractivity contribution >= 4 is 27.3 Å². The van der Waals surface area contributed by atoms with Crippen molar-refractivity contribution in [1.82, 2.24) is 4.72 Å². The highest BCUT2D eigenvalue weighted by Gasteiger charge is 2.23. The Labute approximate surface area is 104 Å². The molecule has 0 aromatic carbocycles. The molecular weight excluding hydrogens is 264 g/mol. The molecule has 0 unspecified atom stereocenters. The van der Waals surface area contributed by atoms with Gasteiger partial charge in [-0.15, -0.1) is 11.3 Å². The van der Waals surface area contributed by atoms with Crippen LogP contribution in [0.25, 0.3) is 0 Å². The minimum atomic E-state index is -3.67. The minimum Gasteiger partial charge on any atom is -0.465 e. The molecule has 1 aromatic heterocycles. The van der Waals surface area contributed by atoms with Crippen LogP contribution in [-0.4, -0.2) is 34.6 Å². The van der Waals surface area contributed by atoms with Crippen LogP contribution in [0.2, 0.25) is 0 Å². The zero-order chi connectivity index (χ0) is 12.9. The first-order valence-corrected chi connectivity index (χ1v) is 7.24. The van der Waals surface area contributed by atoms with E-state index in [0.717, 1.165) is 11.3 Å². The maximum Gasteiger partial charge on any atom is 0.349 e. The van der Waals surface area contributed by atoms with E-state index in [1.54, 1.807) is 0 Å². The monoisotopic (exact) mass is 278 g/mol. The number of carbonyl (C=O) groups is 1. The fraction of sp³-hybridized carbons (Fsp3) is 0.444. The molecule has 0 amide bonds. The fourth-order valence-corrected chi connectivity index (χ4v) is 3.54. The Balaban J connectivity index is 2.92. The lowest BCUT2D eigenvalue weighted by molar-refractivity contribution is 0.0602. The van der Waals surface area contributed by atoms with E-state index in [4.69, 9.17) is 5.73 Å². The van der Waals surface area contributed by atoms with Gasteiger partial charge in [0.1, 0.15) is 9.77 Å². The molecule has 0 bridgehead atoms. The summed E-state index contributed by atoms with van der Waals surface area (Å²) in [5.74, 6) is -0.654. The third kappa shape index (κ3) is 3.50. The van der Waals surface area contributed by atoms with Crippen molar-refractivity contribution in [2.75, 3.05) is 20.2 Å². The highest BCUT2D eigenvalue weighted by atomic mass is 32.2. The van der Waals surface area contributed by atoms with Crippen LogP contribution in [0, 0.1) is 0 Å².